The van der Waals surface area contributed by atoms with Gasteiger partial charge in [0.25, 0.3) is 0 Å². The Balaban J connectivity index is 2.52. The van der Waals surface area contributed by atoms with Crippen LogP contribution in [0.3, 0.4) is 0 Å². The van der Waals surface area contributed by atoms with Crippen molar-refractivity contribution in [1.82, 2.24) is 0 Å². The fourth-order valence-electron chi connectivity index (χ4n) is 1.47. The van der Waals surface area contributed by atoms with E-state index in [9.17, 15) is 0 Å². The Hall–Kier alpha value is -1.02. The Labute approximate surface area is 92.4 Å². The molecule has 0 aliphatic carbocycles. The summed E-state index contributed by atoms with van der Waals surface area (Å²) in [6.45, 7) is 3.73. The van der Waals surface area contributed by atoms with Gasteiger partial charge in [-0.15, -0.1) is 0 Å². The van der Waals surface area contributed by atoms with Gasteiger partial charge in [-0.25, -0.2) is 0 Å². The van der Waals surface area contributed by atoms with Crippen molar-refractivity contribution in [3.63, 3.8) is 0 Å². The van der Waals surface area contributed by atoms with E-state index >= 15 is 0 Å². The second-order valence-electron chi connectivity index (χ2n) is 3.70. The fourth-order valence-corrected chi connectivity index (χ4v) is 1.47. The van der Waals surface area contributed by atoms with Crippen molar-refractivity contribution in [3.05, 3.63) is 29.8 Å². The Morgan fingerprint density at radius 3 is 2.73 bits per heavy atom. The van der Waals surface area contributed by atoms with Crippen LogP contribution < -0.4 is 10.5 Å². The number of unbranched alkanes of at least 4 members (excludes halogenated alkanes) is 1. The van der Waals surface area contributed by atoms with Gasteiger partial charge < -0.3 is 10.5 Å². The Morgan fingerprint density at radius 1 is 1.20 bits per heavy atom. The summed E-state index contributed by atoms with van der Waals surface area (Å²) >= 11 is 0. The predicted molar refractivity (Wildman–Crippen MR) is 64.2 cm³/mol. The van der Waals surface area contributed by atoms with Crippen molar-refractivity contribution in [2.75, 3.05) is 13.2 Å². The third-order valence-corrected chi connectivity index (χ3v) is 2.38. The lowest BCUT2D eigenvalue weighted by Gasteiger charge is -2.10. The van der Waals surface area contributed by atoms with Crippen LogP contribution in [0, 0.1) is 0 Å². The summed E-state index contributed by atoms with van der Waals surface area (Å²) in [5.74, 6) is 1.03. The highest BCUT2D eigenvalue weighted by Crippen LogP contribution is 2.19. The number of ether oxygens (including phenoxy) is 1. The van der Waals surface area contributed by atoms with Crippen LogP contribution >= 0.6 is 0 Å². The smallest absolute Gasteiger partial charge is 0.122 e. The second kappa shape index (κ2) is 7.30. The molecule has 0 fully saturated rings. The van der Waals surface area contributed by atoms with Gasteiger partial charge in [0, 0.05) is 0 Å². The molecule has 0 radical (unpaired) electrons. The zero-order chi connectivity index (χ0) is 10.9. The fraction of sp³-hybridized carbons (Fsp3) is 0.538. The van der Waals surface area contributed by atoms with E-state index in [0.29, 0.717) is 0 Å². The molecule has 0 amide bonds. The summed E-state index contributed by atoms with van der Waals surface area (Å²) < 4.78 is 5.73. The average molecular weight is 207 g/mol. The van der Waals surface area contributed by atoms with Crippen LogP contribution in [0.15, 0.2) is 24.3 Å². The molecule has 0 unspecified atom stereocenters. The van der Waals surface area contributed by atoms with Crippen LogP contribution in [0.5, 0.6) is 5.75 Å². The number of rotatable bonds is 7. The normalized spacial score (nSPS) is 10.3. The molecule has 0 spiro atoms. The van der Waals surface area contributed by atoms with Crippen molar-refractivity contribution in [2.24, 2.45) is 5.73 Å². The molecule has 2 N–H and O–H groups in total. The van der Waals surface area contributed by atoms with Gasteiger partial charge in [0.1, 0.15) is 5.75 Å². The first-order valence-corrected chi connectivity index (χ1v) is 5.79. The minimum atomic E-state index is 0.739. The first-order chi connectivity index (χ1) is 7.38. The summed E-state index contributed by atoms with van der Waals surface area (Å²) in [5.41, 5.74) is 6.78. The summed E-state index contributed by atoms with van der Waals surface area (Å²) in [7, 11) is 0. The zero-order valence-corrected chi connectivity index (χ0v) is 9.54. The van der Waals surface area contributed by atoms with Crippen molar-refractivity contribution < 1.29 is 4.74 Å². The predicted octanol–water partition coefficient (Wildman–Crippen LogP) is 2.76. The third-order valence-electron chi connectivity index (χ3n) is 2.38. The summed E-state index contributed by atoms with van der Waals surface area (Å²) in [5, 5.41) is 0. The lowest BCUT2D eigenvalue weighted by molar-refractivity contribution is 0.306. The van der Waals surface area contributed by atoms with Gasteiger partial charge in [-0.05, 0) is 37.4 Å². The molecule has 2 heteroatoms. The quantitative estimate of drug-likeness (QED) is 0.698. The SMILES string of the molecule is CCCCOc1ccccc1CCCN. The molecule has 0 saturated carbocycles. The van der Waals surface area contributed by atoms with E-state index in [1.54, 1.807) is 0 Å². The molecule has 0 saturated heterocycles. The van der Waals surface area contributed by atoms with Gasteiger partial charge in [0.05, 0.1) is 6.61 Å². The highest BCUT2D eigenvalue weighted by molar-refractivity contribution is 5.33. The first kappa shape index (κ1) is 12.1. The molecular weight excluding hydrogens is 186 g/mol. The van der Waals surface area contributed by atoms with E-state index in [1.807, 2.05) is 12.1 Å². The standard InChI is InChI=1S/C13H21NO/c1-2-3-11-15-13-9-5-4-7-12(13)8-6-10-14/h4-5,7,9H,2-3,6,8,10-11,14H2,1H3. The molecule has 15 heavy (non-hydrogen) atoms. The van der Waals surface area contributed by atoms with Crippen molar-refractivity contribution in [1.29, 1.82) is 0 Å². The third kappa shape index (κ3) is 4.34. The van der Waals surface area contributed by atoms with Crippen LogP contribution in [-0.2, 0) is 6.42 Å². The highest BCUT2D eigenvalue weighted by atomic mass is 16.5. The van der Waals surface area contributed by atoms with E-state index in [-0.39, 0.29) is 0 Å². The van der Waals surface area contributed by atoms with Gasteiger partial charge in [0.2, 0.25) is 0 Å². The molecule has 0 aliphatic rings. The number of nitrogens with two attached hydrogens (primary N) is 1. The zero-order valence-electron chi connectivity index (χ0n) is 9.54. The summed E-state index contributed by atoms with van der Waals surface area (Å²) in [4.78, 5) is 0. The molecule has 0 heterocycles. The van der Waals surface area contributed by atoms with E-state index in [0.717, 1.165) is 38.2 Å². The largest absolute Gasteiger partial charge is 0.493 e. The molecule has 2 nitrogen and oxygen atoms in total. The highest BCUT2D eigenvalue weighted by Gasteiger charge is 2.01. The molecule has 0 bridgehead atoms. The van der Waals surface area contributed by atoms with Gasteiger partial charge in [-0.1, -0.05) is 31.5 Å². The molecule has 0 aliphatic heterocycles. The number of para-hydroxylation sites is 1. The lowest BCUT2D eigenvalue weighted by Crippen LogP contribution is -2.03. The van der Waals surface area contributed by atoms with Crippen molar-refractivity contribution >= 4 is 0 Å². The van der Waals surface area contributed by atoms with Crippen molar-refractivity contribution in [2.45, 2.75) is 32.6 Å². The maximum Gasteiger partial charge on any atom is 0.122 e. The summed E-state index contributed by atoms with van der Waals surface area (Å²) in [6.07, 6.45) is 4.32. The Kier molecular flexibility index (Phi) is 5.86. The second-order valence-corrected chi connectivity index (χ2v) is 3.70. The van der Waals surface area contributed by atoms with Crippen molar-refractivity contribution in [3.8, 4) is 5.75 Å². The average Bonchev–Trinajstić information content (AvgIpc) is 2.28. The molecule has 1 aromatic rings. The minimum absolute atomic E-state index is 0.739. The van der Waals surface area contributed by atoms with Crippen LogP contribution in [0.2, 0.25) is 0 Å². The monoisotopic (exact) mass is 207 g/mol. The number of hydrogen-bond acceptors (Lipinski definition) is 2. The van der Waals surface area contributed by atoms with Crippen LogP contribution in [-0.4, -0.2) is 13.2 Å². The van der Waals surface area contributed by atoms with Gasteiger partial charge in [-0.2, -0.15) is 0 Å². The Bertz CT molecular complexity index is 273. The molecule has 84 valence electrons. The minimum Gasteiger partial charge on any atom is -0.493 e. The maximum atomic E-state index is 5.73. The molecule has 1 aromatic carbocycles. The van der Waals surface area contributed by atoms with Crippen LogP contribution in [0.25, 0.3) is 0 Å². The van der Waals surface area contributed by atoms with E-state index in [2.05, 4.69) is 19.1 Å². The molecule has 1 rings (SSSR count). The summed E-state index contributed by atoms with van der Waals surface area (Å²) in [6, 6.07) is 8.24. The lowest BCUT2D eigenvalue weighted by atomic mass is 10.1. The van der Waals surface area contributed by atoms with Gasteiger partial charge in [-0.3, -0.25) is 0 Å². The topological polar surface area (TPSA) is 35.2 Å². The van der Waals surface area contributed by atoms with Gasteiger partial charge >= 0.3 is 0 Å². The number of aryl methyl sites for hydroxylation is 1. The molecule has 0 atom stereocenters. The number of hydrogen-bond donors (Lipinski definition) is 1. The molecule has 0 aromatic heterocycles. The Morgan fingerprint density at radius 2 is 2.00 bits per heavy atom. The van der Waals surface area contributed by atoms with E-state index in [1.165, 1.54) is 12.0 Å². The molecular formula is C13H21NO. The van der Waals surface area contributed by atoms with E-state index in [4.69, 9.17) is 10.5 Å². The van der Waals surface area contributed by atoms with Crippen LogP contribution in [0.1, 0.15) is 31.7 Å². The van der Waals surface area contributed by atoms with Gasteiger partial charge in [0.15, 0.2) is 0 Å². The van der Waals surface area contributed by atoms with E-state index < -0.39 is 0 Å². The maximum absolute atomic E-state index is 5.73. The van der Waals surface area contributed by atoms with Crippen LogP contribution in [0.4, 0.5) is 0 Å². The number of benzene rings is 1. The first-order valence-electron chi connectivity index (χ1n) is 5.79.